The second kappa shape index (κ2) is 5.64. The molecule has 0 spiro atoms. The zero-order valence-corrected chi connectivity index (χ0v) is 12.0. The Morgan fingerprint density at radius 1 is 1.45 bits per heavy atom. The number of carboxylic acid groups (broad SMARTS) is 1. The van der Waals surface area contributed by atoms with Gasteiger partial charge in [-0.3, -0.25) is 14.3 Å². The number of aryl methyl sites for hydroxylation is 2. The smallest absolute Gasteiger partial charge is 0.311 e. The minimum atomic E-state index is -0.811. The fraction of sp³-hybridized carbons (Fsp3) is 0.643. The molecule has 0 bridgehead atoms. The highest BCUT2D eigenvalue weighted by Crippen LogP contribution is 2.37. The highest BCUT2D eigenvalue weighted by atomic mass is 16.4. The second-order valence-corrected chi connectivity index (χ2v) is 5.47. The van der Waals surface area contributed by atoms with Crippen molar-refractivity contribution < 1.29 is 14.7 Å². The molecule has 1 saturated carbocycles. The maximum atomic E-state index is 12.2. The minimum absolute atomic E-state index is 0.188. The summed E-state index contributed by atoms with van der Waals surface area (Å²) in [5.74, 6) is -1.07. The van der Waals surface area contributed by atoms with E-state index in [-0.39, 0.29) is 12.5 Å². The Kier molecular flexibility index (Phi) is 4.11. The molecule has 0 aromatic carbocycles. The van der Waals surface area contributed by atoms with E-state index in [9.17, 15) is 14.7 Å². The van der Waals surface area contributed by atoms with Crippen LogP contribution >= 0.6 is 0 Å². The highest BCUT2D eigenvalue weighted by Gasteiger charge is 2.41. The molecular weight excluding hydrogens is 258 g/mol. The number of hydrogen-bond donors (Lipinski definition) is 2. The number of hydrogen-bond acceptors (Lipinski definition) is 3. The first-order valence-corrected chi connectivity index (χ1v) is 7.03. The number of carbonyl (C=O) groups is 2. The van der Waals surface area contributed by atoms with Crippen LogP contribution in [0.15, 0.2) is 6.07 Å². The van der Waals surface area contributed by atoms with Gasteiger partial charge in [-0.2, -0.15) is 5.10 Å². The number of carbonyl (C=O) groups excluding carboxylic acids is 1. The quantitative estimate of drug-likeness (QED) is 0.852. The Hall–Kier alpha value is -1.85. The fourth-order valence-electron chi connectivity index (χ4n) is 2.77. The summed E-state index contributed by atoms with van der Waals surface area (Å²) in [7, 11) is 1.72. The zero-order valence-electron chi connectivity index (χ0n) is 12.0. The molecule has 20 heavy (non-hydrogen) atoms. The largest absolute Gasteiger partial charge is 0.481 e. The summed E-state index contributed by atoms with van der Waals surface area (Å²) in [6, 6.07) is 1.75. The van der Waals surface area contributed by atoms with Gasteiger partial charge >= 0.3 is 5.97 Å². The van der Waals surface area contributed by atoms with Gasteiger partial charge < -0.3 is 10.4 Å². The van der Waals surface area contributed by atoms with Crippen LogP contribution in [0.1, 0.15) is 48.8 Å². The van der Waals surface area contributed by atoms with E-state index in [0.717, 1.165) is 25.0 Å². The number of aliphatic carboxylic acids is 1. The first-order chi connectivity index (χ1) is 9.48. The van der Waals surface area contributed by atoms with Crippen molar-refractivity contribution in [3.8, 4) is 0 Å². The van der Waals surface area contributed by atoms with Crippen LogP contribution in [0.4, 0.5) is 0 Å². The molecule has 1 aromatic heterocycles. The molecule has 110 valence electrons. The van der Waals surface area contributed by atoms with Gasteiger partial charge in [-0.15, -0.1) is 0 Å². The molecule has 0 radical (unpaired) electrons. The molecule has 6 nitrogen and oxygen atoms in total. The van der Waals surface area contributed by atoms with Crippen LogP contribution in [0.5, 0.6) is 0 Å². The fourth-order valence-corrected chi connectivity index (χ4v) is 2.77. The lowest BCUT2D eigenvalue weighted by atomic mass is 9.86. The first-order valence-electron chi connectivity index (χ1n) is 7.03. The number of aromatic nitrogens is 2. The number of rotatable bonds is 5. The van der Waals surface area contributed by atoms with Gasteiger partial charge in [0.05, 0.1) is 11.1 Å². The van der Waals surface area contributed by atoms with Crippen LogP contribution in [0.2, 0.25) is 0 Å². The van der Waals surface area contributed by atoms with E-state index in [2.05, 4.69) is 10.4 Å². The normalized spacial score (nSPS) is 17.1. The minimum Gasteiger partial charge on any atom is -0.481 e. The van der Waals surface area contributed by atoms with Crippen molar-refractivity contribution in [3.63, 3.8) is 0 Å². The van der Waals surface area contributed by atoms with E-state index in [1.807, 2.05) is 6.92 Å². The first kappa shape index (κ1) is 14.6. The lowest BCUT2D eigenvalue weighted by Crippen LogP contribution is -2.41. The molecule has 6 heteroatoms. The third kappa shape index (κ3) is 2.69. The summed E-state index contributed by atoms with van der Waals surface area (Å²) in [5, 5.41) is 16.4. The van der Waals surface area contributed by atoms with Crippen LogP contribution in [-0.4, -0.2) is 33.3 Å². The van der Waals surface area contributed by atoms with Gasteiger partial charge in [-0.05, 0) is 25.3 Å². The maximum absolute atomic E-state index is 12.2. The molecule has 1 aromatic rings. The van der Waals surface area contributed by atoms with Crippen molar-refractivity contribution in [2.75, 3.05) is 6.54 Å². The third-order valence-electron chi connectivity index (χ3n) is 4.13. The van der Waals surface area contributed by atoms with E-state index in [0.29, 0.717) is 18.5 Å². The molecule has 0 aliphatic heterocycles. The van der Waals surface area contributed by atoms with Crippen molar-refractivity contribution in [3.05, 3.63) is 17.5 Å². The second-order valence-electron chi connectivity index (χ2n) is 5.47. The molecule has 1 heterocycles. The van der Waals surface area contributed by atoms with Crippen molar-refractivity contribution >= 4 is 11.9 Å². The van der Waals surface area contributed by atoms with Gasteiger partial charge in [0, 0.05) is 13.6 Å². The Morgan fingerprint density at radius 2 is 2.10 bits per heavy atom. The number of nitrogens with zero attached hydrogens (tertiary/aromatic N) is 2. The van der Waals surface area contributed by atoms with Crippen LogP contribution in [0.3, 0.4) is 0 Å². The topological polar surface area (TPSA) is 84.2 Å². The summed E-state index contributed by atoms with van der Waals surface area (Å²) < 4.78 is 1.54. The molecule has 0 unspecified atom stereocenters. The molecule has 2 rings (SSSR count). The monoisotopic (exact) mass is 279 g/mol. The van der Waals surface area contributed by atoms with Gasteiger partial charge in [0.25, 0.3) is 5.91 Å². The lowest BCUT2D eigenvalue weighted by molar-refractivity contribution is -0.148. The predicted octanol–water partition coefficient (Wildman–Crippen LogP) is 1.36. The van der Waals surface area contributed by atoms with Crippen molar-refractivity contribution in [1.29, 1.82) is 0 Å². The zero-order chi connectivity index (χ0) is 14.8. The molecule has 0 atom stereocenters. The Bertz CT molecular complexity index is 516. The van der Waals surface area contributed by atoms with Crippen LogP contribution in [0.25, 0.3) is 0 Å². The Labute approximate surface area is 118 Å². The number of carboxylic acids is 1. The summed E-state index contributed by atoms with van der Waals surface area (Å²) >= 11 is 0. The molecule has 2 N–H and O–H groups in total. The Balaban J connectivity index is 2.04. The summed E-state index contributed by atoms with van der Waals surface area (Å²) in [4.78, 5) is 23.6. The summed E-state index contributed by atoms with van der Waals surface area (Å²) in [5.41, 5.74) is 0.536. The molecule has 1 aliphatic rings. The molecule has 1 fully saturated rings. The van der Waals surface area contributed by atoms with Crippen molar-refractivity contribution in [1.82, 2.24) is 15.1 Å². The van der Waals surface area contributed by atoms with E-state index in [1.165, 1.54) is 4.68 Å². The van der Waals surface area contributed by atoms with E-state index in [1.54, 1.807) is 13.1 Å². The molecule has 0 saturated heterocycles. The standard InChI is InChI=1S/C14H21N3O3/c1-3-10-8-11(17(2)16-10)12(18)15-9-14(13(19)20)6-4-5-7-14/h8H,3-7,9H2,1-2H3,(H,15,18)(H,19,20). The van der Waals surface area contributed by atoms with Crippen LogP contribution in [-0.2, 0) is 18.3 Å². The third-order valence-corrected chi connectivity index (χ3v) is 4.13. The van der Waals surface area contributed by atoms with E-state index in [4.69, 9.17) is 0 Å². The van der Waals surface area contributed by atoms with Gasteiger partial charge in [0.15, 0.2) is 0 Å². The van der Waals surface area contributed by atoms with Crippen molar-refractivity contribution in [2.45, 2.75) is 39.0 Å². The highest BCUT2D eigenvalue weighted by molar-refractivity contribution is 5.93. The predicted molar refractivity (Wildman–Crippen MR) is 73.5 cm³/mol. The van der Waals surface area contributed by atoms with Crippen LogP contribution < -0.4 is 5.32 Å². The Morgan fingerprint density at radius 3 is 2.60 bits per heavy atom. The molecular formula is C14H21N3O3. The number of nitrogens with one attached hydrogen (secondary N) is 1. The maximum Gasteiger partial charge on any atom is 0.311 e. The van der Waals surface area contributed by atoms with Crippen molar-refractivity contribution in [2.24, 2.45) is 12.5 Å². The molecule has 1 amide bonds. The average molecular weight is 279 g/mol. The van der Waals surface area contributed by atoms with Gasteiger partial charge in [0.2, 0.25) is 0 Å². The average Bonchev–Trinajstić information content (AvgIpc) is 3.03. The molecule has 1 aliphatic carbocycles. The summed E-state index contributed by atoms with van der Waals surface area (Å²) in [6.45, 7) is 2.16. The van der Waals surface area contributed by atoms with Gasteiger partial charge in [-0.1, -0.05) is 19.8 Å². The number of amides is 1. The van der Waals surface area contributed by atoms with E-state index >= 15 is 0 Å². The SMILES string of the molecule is CCc1cc(C(=O)NCC2(C(=O)O)CCCC2)n(C)n1. The van der Waals surface area contributed by atoms with E-state index < -0.39 is 11.4 Å². The van der Waals surface area contributed by atoms with Gasteiger partial charge in [0.1, 0.15) is 5.69 Å². The van der Waals surface area contributed by atoms with Crippen LogP contribution in [0, 0.1) is 5.41 Å². The van der Waals surface area contributed by atoms with Gasteiger partial charge in [-0.25, -0.2) is 0 Å². The summed E-state index contributed by atoms with van der Waals surface area (Å²) in [6.07, 6.45) is 3.85. The lowest BCUT2D eigenvalue weighted by Gasteiger charge is -2.23.